The zero-order valence-corrected chi connectivity index (χ0v) is 16.9. The molecule has 6 heteroatoms. The number of rotatable bonds is 6. The third-order valence-corrected chi connectivity index (χ3v) is 5.49. The molecule has 0 aromatic heterocycles. The second kappa shape index (κ2) is 9.54. The zero-order chi connectivity index (χ0) is 20.8. The summed E-state index contributed by atoms with van der Waals surface area (Å²) in [5.41, 5.74) is 1.52. The molecule has 29 heavy (non-hydrogen) atoms. The van der Waals surface area contributed by atoms with Gasteiger partial charge in [-0.1, -0.05) is 19.1 Å². The van der Waals surface area contributed by atoms with E-state index in [2.05, 4.69) is 5.32 Å². The van der Waals surface area contributed by atoms with E-state index in [1.165, 1.54) is 24.3 Å². The maximum absolute atomic E-state index is 13.1. The Morgan fingerprint density at radius 2 is 1.72 bits per heavy atom. The first-order chi connectivity index (χ1) is 14.0. The highest BCUT2D eigenvalue weighted by Gasteiger charge is 2.29. The van der Waals surface area contributed by atoms with E-state index < -0.39 is 0 Å². The van der Waals surface area contributed by atoms with Crippen molar-refractivity contribution in [3.8, 4) is 5.75 Å². The van der Waals surface area contributed by atoms with Gasteiger partial charge in [0.2, 0.25) is 5.91 Å². The summed E-state index contributed by atoms with van der Waals surface area (Å²) < 4.78 is 18.2. The summed E-state index contributed by atoms with van der Waals surface area (Å²) in [4.78, 5) is 27.0. The van der Waals surface area contributed by atoms with E-state index in [4.69, 9.17) is 4.74 Å². The van der Waals surface area contributed by atoms with E-state index in [9.17, 15) is 14.0 Å². The summed E-state index contributed by atoms with van der Waals surface area (Å²) in [6.07, 6.45) is 2.04. The largest absolute Gasteiger partial charge is 0.497 e. The number of carbonyl (C=O) groups excluding carboxylic acids is 2. The molecule has 3 rings (SSSR count). The lowest BCUT2D eigenvalue weighted by Gasteiger charge is -2.32. The number of nitrogens with zero attached hydrogens (tertiary/aromatic N) is 1. The van der Waals surface area contributed by atoms with Crippen LogP contribution in [-0.2, 0) is 4.79 Å². The van der Waals surface area contributed by atoms with Gasteiger partial charge in [-0.15, -0.1) is 0 Å². The van der Waals surface area contributed by atoms with Crippen LogP contribution in [0.4, 0.5) is 4.39 Å². The molecule has 1 saturated heterocycles. The van der Waals surface area contributed by atoms with Gasteiger partial charge in [0.15, 0.2) is 0 Å². The second-order valence-corrected chi connectivity index (χ2v) is 7.32. The highest BCUT2D eigenvalue weighted by molar-refractivity contribution is 5.94. The minimum absolute atomic E-state index is 0.0292. The summed E-state index contributed by atoms with van der Waals surface area (Å²) >= 11 is 0. The number of methoxy groups -OCH3 is 1. The molecular weight excluding hydrogens is 371 g/mol. The maximum atomic E-state index is 13.1. The van der Waals surface area contributed by atoms with Crippen LogP contribution in [0.1, 0.15) is 48.1 Å². The topological polar surface area (TPSA) is 58.6 Å². The van der Waals surface area contributed by atoms with Gasteiger partial charge in [0.1, 0.15) is 11.6 Å². The Kier molecular flexibility index (Phi) is 6.86. The summed E-state index contributed by atoms with van der Waals surface area (Å²) in [7, 11) is 1.63. The fraction of sp³-hybridized carbons (Fsp3) is 0.391. The standard InChI is InChI=1S/C23H27FN2O3/c1-3-21(16-6-10-20(29-2)11-7-16)25-22(27)17-12-14-26(15-13-17)23(28)18-4-8-19(24)9-5-18/h4-11,17,21H,3,12-15H2,1-2H3,(H,25,27). The van der Waals surface area contributed by atoms with Gasteiger partial charge in [0.05, 0.1) is 13.2 Å². The van der Waals surface area contributed by atoms with Crippen LogP contribution >= 0.6 is 0 Å². The number of nitrogens with one attached hydrogen (secondary N) is 1. The van der Waals surface area contributed by atoms with Crippen molar-refractivity contribution < 1.29 is 18.7 Å². The molecule has 2 amide bonds. The highest BCUT2D eigenvalue weighted by atomic mass is 19.1. The van der Waals surface area contributed by atoms with Gasteiger partial charge < -0.3 is 15.0 Å². The number of hydrogen-bond acceptors (Lipinski definition) is 3. The Hall–Kier alpha value is -2.89. The van der Waals surface area contributed by atoms with Gasteiger partial charge in [-0.2, -0.15) is 0 Å². The van der Waals surface area contributed by atoms with Crippen molar-refractivity contribution in [1.82, 2.24) is 10.2 Å². The van der Waals surface area contributed by atoms with Crippen molar-refractivity contribution in [2.24, 2.45) is 5.92 Å². The molecule has 0 spiro atoms. The zero-order valence-electron chi connectivity index (χ0n) is 16.9. The first-order valence-corrected chi connectivity index (χ1v) is 10.0. The van der Waals surface area contributed by atoms with Gasteiger partial charge in [-0.05, 0) is 61.2 Å². The molecule has 0 bridgehead atoms. The molecule has 2 aromatic carbocycles. The van der Waals surface area contributed by atoms with Crippen LogP contribution in [0.15, 0.2) is 48.5 Å². The predicted octanol–water partition coefficient (Wildman–Crippen LogP) is 3.95. The Bertz CT molecular complexity index is 828. The molecule has 1 heterocycles. The van der Waals surface area contributed by atoms with Gasteiger partial charge >= 0.3 is 0 Å². The van der Waals surface area contributed by atoms with Gasteiger partial charge in [0.25, 0.3) is 5.91 Å². The Morgan fingerprint density at radius 3 is 2.28 bits per heavy atom. The number of carbonyl (C=O) groups is 2. The molecule has 154 valence electrons. The minimum atomic E-state index is -0.362. The Balaban J connectivity index is 1.54. The summed E-state index contributed by atoms with van der Waals surface area (Å²) in [5.74, 6) is 0.224. The van der Waals surface area contributed by atoms with Crippen LogP contribution < -0.4 is 10.1 Å². The lowest BCUT2D eigenvalue weighted by Crippen LogP contribution is -2.43. The SMILES string of the molecule is CCC(NC(=O)C1CCN(C(=O)c2ccc(F)cc2)CC1)c1ccc(OC)cc1. The highest BCUT2D eigenvalue weighted by Crippen LogP contribution is 2.24. The number of hydrogen-bond donors (Lipinski definition) is 1. The van der Waals surface area contributed by atoms with Crippen LogP contribution in [0.3, 0.4) is 0 Å². The monoisotopic (exact) mass is 398 g/mol. The third-order valence-electron chi connectivity index (χ3n) is 5.49. The van der Waals surface area contributed by atoms with Gasteiger partial charge in [-0.3, -0.25) is 9.59 Å². The van der Waals surface area contributed by atoms with Crippen LogP contribution in [0, 0.1) is 11.7 Å². The third kappa shape index (κ3) is 5.13. The first-order valence-electron chi connectivity index (χ1n) is 10.0. The van der Waals surface area contributed by atoms with E-state index in [0.717, 1.165) is 17.7 Å². The molecule has 1 N–H and O–H groups in total. The van der Waals surface area contributed by atoms with E-state index in [1.54, 1.807) is 12.0 Å². The van der Waals surface area contributed by atoms with Gasteiger partial charge in [0, 0.05) is 24.6 Å². The Morgan fingerprint density at radius 1 is 1.10 bits per heavy atom. The number of piperidine rings is 1. The van der Waals surface area contributed by atoms with Crippen molar-refractivity contribution in [3.63, 3.8) is 0 Å². The number of ether oxygens (including phenoxy) is 1. The van der Waals surface area contributed by atoms with Crippen molar-refractivity contribution in [1.29, 1.82) is 0 Å². The second-order valence-electron chi connectivity index (χ2n) is 7.32. The van der Waals surface area contributed by atoms with Crippen LogP contribution in [0.25, 0.3) is 0 Å². The number of amides is 2. The molecule has 1 aliphatic rings. The normalized spacial score (nSPS) is 15.6. The molecule has 2 aromatic rings. The molecule has 0 radical (unpaired) electrons. The molecule has 1 atom stereocenters. The van der Waals surface area contributed by atoms with Gasteiger partial charge in [-0.25, -0.2) is 4.39 Å². The van der Waals surface area contributed by atoms with Crippen molar-refractivity contribution in [2.45, 2.75) is 32.2 Å². The summed E-state index contributed by atoms with van der Waals surface area (Å²) in [6.45, 7) is 3.08. The smallest absolute Gasteiger partial charge is 0.253 e. The lowest BCUT2D eigenvalue weighted by molar-refractivity contribution is -0.127. The fourth-order valence-corrected chi connectivity index (χ4v) is 3.67. The minimum Gasteiger partial charge on any atom is -0.497 e. The summed E-state index contributed by atoms with van der Waals surface area (Å²) in [6, 6.07) is 13.2. The Labute approximate surface area is 170 Å². The van der Waals surface area contributed by atoms with E-state index in [0.29, 0.717) is 31.5 Å². The molecule has 1 unspecified atom stereocenters. The number of likely N-dealkylation sites (tertiary alicyclic amines) is 1. The van der Waals surface area contributed by atoms with Crippen LogP contribution in [0.2, 0.25) is 0 Å². The maximum Gasteiger partial charge on any atom is 0.253 e. The molecule has 0 saturated carbocycles. The average molecular weight is 398 g/mol. The van der Waals surface area contributed by atoms with Crippen LogP contribution in [0.5, 0.6) is 5.75 Å². The fourth-order valence-electron chi connectivity index (χ4n) is 3.67. The summed E-state index contributed by atoms with van der Waals surface area (Å²) in [5, 5.41) is 3.15. The number of benzene rings is 2. The lowest BCUT2D eigenvalue weighted by atomic mass is 9.94. The van der Waals surface area contributed by atoms with E-state index in [1.807, 2.05) is 31.2 Å². The first kappa shape index (κ1) is 20.8. The quantitative estimate of drug-likeness (QED) is 0.801. The van der Waals surface area contributed by atoms with Crippen molar-refractivity contribution in [3.05, 3.63) is 65.5 Å². The molecule has 5 nitrogen and oxygen atoms in total. The van der Waals surface area contributed by atoms with E-state index in [-0.39, 0.29) is 29.6 Å². The van der Waals surface area contributed by atoms with Crippen molar-refractivity contribution in [2.75, 3.05) is 20.2 Å². The van der Waals surface area contributed by atoms with Crippen molar-refractivity contribution >= 4 is 11.8 Å². The van der Waals surface area contributed by atoms with E-state index >= 15 is 0 Å². The molecule has 1 aliphatic heterocycles. The molecule has 0 aliphatic carbocycles. The number of halogens is 1. The predicted molar refractivity (Wildman–Crippen MR) is 109 cm³/mol. The molecular formula is C23H27FN2O3. The average Bonchev–Trinajstić information content (AvgIpc) is 2.77. The molecule has 1 fully saturated rings. The van der Waals surface area contributed by atoms with Crippen LogP contribution in [-0.4, -0.2) is 36.9 Å².